The minimum absolute atomic E-state index is 0.303. The molecule has 6 heterocycles. The highest BCUT2D eigenvalue weighted by molar-refractivity contribution is 7.98. The van der Waals surface area contributed by atoms with E-state index in [1.807, 2.05) is 47.2 Å². The molecule has 3 aliphatic heterocycles. The van der Waals surface area contributed by atoms with Gasteiger partial charge in [-0.25, -0.2) is 4.79 Å². The van der Waals surface area contributed by atoms with Gasteiger partial charge in [0.15, 0.2) is 0 Å². The maximum Gasteiger partial charge on any atom is 0.352 e. The molecule has 0 amide bonds. The van der Waals surface area contributed by atoms with Gasteiger partial charge in [-0.2, -0.15) is 10.2 Å². The zero-order valence-electron chi connectivity index (χ0n) is 27.5. The van der Waals surface area contributed by atoms with Crippen molar-refractivity contribution in [2.75, 3.05) is 25.1 Å². The van der Waals surface area contributed by atoms with Gasteiger partial charge in [-0.15, -0.1) is 23.5 Å². The van der Waals surface area contributed by atoms with E-state index in [-0.39, 0.29) is 0 Å². The molecule has 8 bridgehead atoms. The summed E-state index contributed by atoms with van der Waals surface area (Å²) >= 11 is 10.7. The summed E-state index contributed by atoms with van der Waals surface area (Å²) < 4.78 is 12.5. The van der Waals surface area contributed by atoms with Gasteiger partial charge in [0, 0.05) is 84.3 Å². The van der Waals surface area contributed by atoms with E-state index < -0.39 is 5.97 Å². The molecule has 5 aromatic rings. The molecule has 0 unspecified atom stereocenters. The first-order chi connectivity index (χ1) is 23.3. The van der Waals surface area contributed by atoms with Crippen LogP contribution in [0.25, 0.3) is 22.0 Å². The van der Waals surface area contributed by atoms with Crippen LogP contribution in [-0.2, 0) is 57.2 Å². The average molecular weight is 703 g/mol. The molecule has 0 aliphatic carbocycles. The quantitative estimate of drug-likeness (QED) is 0.192. The Morgan fingerprint density at radius 2 is 1.81 bits per heavy atom. The van der Waals surface area contributed by atoms with Crippen LogP contribution >= 0.6 is 35.1 Å². The number of carboxylic acids is 1. The van der Waals surface area contributed by atoms with E-state index in [0.717, 1.165) is 95.0 Å². The Morgan fingerprint density at radius 3 is 2.67 bits per heavy atom. The van der Waals surface area contributed by atoms with Gasteiger partial charge < -0.3 is 19.3 Å². The van der Waals surface area contributed by atoms with Crippen molar-refractivity contribution in [1.29, 1.82) is 0 Å². The monoisotopic (exact) mass is 702 g/mol. The van der Waals surface area contributed by atoms with Crippen LogP contribution in [0.2, 0.25) is 5.02 Å². The fourth-order valence-electron chi connectivity index (χ4n) is 7.83. The van der Waals surface area contributed by atoms with Gasteiger partial charge >= 0.3 is 5.97 Å². The molecule has 0 saturated carbocycles. The van der Waals surface area contributed by atoms with Gasteiger partial charge in [-0.1, -0.05) is 17.7 Å². The molecule has 12 heteroatoms. The normalized spacial score (nSPS) is 16.7. The van der Waals surface area contributed by atoms with Crippen LogP contribution in [0.5, 0.6) is 5.75 Å². The van der Waals surface area contributed by atoms with Crippen molar-refractivity contribution < 1.29 is 14.6 Å². The fourth-order valence-corrected chi connectivity index (χ4v) is 9.93. The molecule has 0 fully saturated rings. The second kappa shape index (κ2) is 12.7. The number of carbonyl (C=O) groups is 1. The molecule has 9 nitrogen and oxygen atoms in total. The summed E-state index contributed by atoms with van der Waals surface area (Å²) in [4.78, 5) is 16.3. The highest BCUT2D eigenvalue weighted by Crippen LogP contribution is 2.45. The largest absolute Gasteiger partial charge is 0.491 e. The molecule has 0 radical (unpaired) electrons. The maximum atomic E-state index is 12.8. The Labute approximate surface area is 293 Å². The topological polar surface area (TPSA) is 90.3 Å². The van der Waals surface area contributed by atoms with Gasteiger partial charge in [-0.05, 0) is 73.9 Å². The van der Waals surface area contributed by atoms with Crippen molar-refractivity contribution in [1.82, 2.24) is 24.1 Å². The van der Waals surface area contributed by atoms with Crippen molar-refractivity contribution in [3.05, 3.63) is 75.0 Å². The first-order valence-electron chi connectivity index (χ1n) is 16.6. The summed E-state index contributed by atoms with van der Waals surface area (Å²) in [6.45, 7) is 2.35. The van der Waals surface area contributed by atoms with Crippen molar-refractivity contribution in [2.45, 2.75) is 67.2 Å². The van der Waals surface area contributed by atoms with Crippen molar-refractivity contribution in [3.63, 3.8) is 0 Å². The molecular formula is C36H39ClN6O3S2. The number of aromatic carboxylic acids is 1. The Balaban J connectivity index is 1.25. The third kappa shape index (κ3) is 5.47. The van der Waals surface area contributed by atoms with Crippen LogP contribution in [-0.4, -0.2) is 55.4 Å². The van der Waals surface area contributed by atoms with Gasteiger partial charge in [0.25, 0.3) is 0 Å². The van der Waals surface area contributed by atoms with E-state index in [1.54, 1.807) is 11.8 Å². The van der Waals surface area contributed by atoms with Gasteiger partial charge in [0.1, 0.15) is 11.4 Å². The third-order valence-corrected chi connectivity index (χ3v) is 12.3. The molecule has 8 rings (SSSR count). The summed E-state index contributed by atoms with van der Waals surface area (Å²) in [5.74, 6) is 2.25. The minimum atomic E-state index is -0.938. The van der Waals surface area contributed by atoms with E-state index in [2.05, 4.69) is 34.8 Å². The summed E-state index contributed by atoms with van der Waals surface area (Å²) in [5.41, 5.74) is 10.8. The number of aryl methyl sites for hydroxylation is 5. The number of anilines is 1. The lowest BCUT2D eigenvalue weighted by Crippen LogP contribution is -2.25. The van der Waals surface area contributed by atoms with E-state index in [4.69, 9.17) is 26.5 Å². The smallest absolute Gasteiger partial charge is 0.352 e. The average Bonchev–Trinajstić information content (AvgIpc) is 3.80. The van der Waals surface area contributed by atoms with Gasteiger partial charge in [0.05, 0.1) is 34.2 Å². The van der Waals surface area contributed by atoms with E-state index in [0.29, 0.717) is 35.9 Å². The summed E-state index contributed by atoms with van der Waals surface area (Å²) in [6.07, 6.45) is 5.35. The number of rotatable bonds is 1. The van der Waals surface area contributed by atoms with Crippen LogP contribution in [0.15, 0.2) is 35.2 Å². The predicted octanol–water partition coefficient (Wildman–Crippen LogP) is 7.51. The molecule has 48 heavy (non-hydrogen) atoms. The lowest BCUT2D eigenvalue weighted by Gasteiger charge is -2.30. The van der Waals surface area contributed by atoms with E-state index in [9.17, 15) is 9.90 Å². The van der Waals surface area contributed by atoms with Crippen LogP contribution < -0.4 is 9.64 Å². The summed E-state index contributed by atoms with van der Waals surface area (Å²) in [7, 11) is 6.02. The lowest BCUT2D eigenvalue weighted by atomic mass is 9.97. The molecule has 250 valence electrons. The Bertz CT molecular complexity index is 2080. The number of hydrogen-bond acceptors (Lipinski definition) is 7. The fraction of sp³-hybridized carbons (Fsp3) is 0.417. The van der Waals surface area contributed by atoms with Gasteiger partial charge in [0.2, 0.25) is 0 Å². The maximum absolute atomic E-state index is 12.8. The summed E-state index contributed by atoms with van der Waals surface area (Å²) in [6, 6.07) is 10.6. The Kier molecular flexibility index (Phi) is 8.41. The second-order valence-electron chi connectivity index (χ2n) is 13.0. The number of fused-ring (bicyclic) bond motifs is 10. The SMILES string of the molecule is CN1CCCc2cc3cc(c21)OCCCc1c(C(=O)O)n(C)c2c(c(Cl)ccc12)-c1c(nn2c1CCC2)CSCc1cc(n(C)n1)CS3. The molecule has 0 atom stereocenters. The predicted molar refractivity (Wildman–Crippen MR) is 194 cm³/mol. The molecule has 3 aromatic heterocycles. The number of halogens is 1. The molecule has 0 spiro atoms. The van der Waals surface area contributed by atoms with Crippen molar-refractivity contribution in [3.8, 4) is 16.9 Å². The summed E-state index contributed by atoms with van der Waals surface area (Å²) in [5, 5.41) is 22.0. The number of thioether (sulfide) groups is 2. The minimum Gasteiger partial charge on any atom is -0.491 e. The lowest BCUT2D eigenvalue weighted by molar-refractivity contribution is 0.0685. The van der Waals surface area contributed by atoms with E-state index >= 15 is 0 Å². The van der Waals surface area contributed by atoms with Crippen LogP contribution in [0.4, 0.5) is 5.69 Å². The highest BCUT2D eigenvalue weighted by atomic mass is 35.5. The van der Waals surface area contributed by atoms with Crippen molar-refractivity contribution >= 4 is 57.7 Å². The second-order valence-corrected chi connectivity index (χ2v) is 15.5. The molecule has 2 aromatic carbocycles. The van der Waals surface area contributed by atoms with Gasteiger partial charge in [-0.3, -0.25) is 9.36 Å². The molecule has 3 aliphatic rings. The third-order valence-electron chi connectivity index (χ3n) is 9.96. The van der Waals surface area contributed by atoms with Crippen LogP contribution in [0.3, 0.4) is 0 Å². The van der Waals surface area contributed by atoms with Crippen LogP contribution in [0.1, 0.15) is 63.7 Å². The van der Waals surface area contributed by atoms with Crippen molar-refractivity contribution in [2.24, 2.45) is 14.1 Å². The number of hydrogen-bond donors (Lipinski definition) is 1. The standard InChI is InChI=1S/C36H39ClN6O3S2/c1-40-12-4-7-21-15-24-17-30(33(21)40)46-14-6-8-25-26-10-11-27(37)31(34(26)41(2)35(25)36(44)45)32-28(39-43-13-5-9-29(32)43)20-47-18-22-16-23(19-48-24)42(3)38-22/h10-11,15-17H,4-9,12-14,18-20H2,1-3H3,(H,44,45). The first-order valence-corrected chi connectivity index (χ1v) is 19.2. The Morgan fingerprint density at radius 1 is 0.958 bits per heavy atom. The number of nitrogens with zero attached hydrogens (tertiary/aromatic N) is 6. The number of ether oxygens (including phenoxy) is 1. The highest BCUT2D eigenvalue weighted by Gasteiger charge is 2.30. The molecule has 1 N–H and O–H groups in total. The molecule has 0 saturated heterocycles. The zero-order chi connectivity index (χ0) is 33.1. The number of carboxylic acid groups (broad SMARTS) is 1. The first kappa shape index (κ1) is 31.7. The number of benzene rings is 2. The van der Waals surface area contributed by atoms with Crippen LogP contribution in [0, 0.1) is 0 Å². The zero-order valence-corrected chi connectivity index (χ0v) is 29.9. The Hall–Kier alpha value is -3.54. The number of aromatic nitrogens is 5. The van der Waals surface area contributed by atoms with E-state index in [1.165, 1.54) is 27.5 Å². The molecular weight excluding hydrogens is 664 g/mol.